The van der Waals surface area contributed by atoms with Gasteiger partial charge in [-0.3, -0.25) is 4.79 Å². The van der Waals surface area contributed by atoms with Crippen LogP contribution in [-0.2, 0) is 19.0 Å². The molecule has 4 saturated carbocycles. The number of hydrogen-bond donors (Lipinski definition) is 1. The normalized spacial score (nSPS) is 49.2. The fourth-order valence-electron chi connectivity index (χ4n) is 8.55. The first kappa shape index (κ1) is 21.7. The molecular weight excluding hydrogens is 368 g/mol. The fraction of sp³-hybridized carbons (Fsp3) is 0.958. The first-order valence-corrected chi connectivity index (χ1v) is 11.7. The zero-order valence-corrected chi connectivity index (χ0v) is 18.7. The van der Waals surface area contributed by atoms with E-state index >= 15 is 0 Å². The minimum Gasteiger partial charge on any atom is -0.396 e. The van der Waals surface area contributed by atoms with Crippen LogP contribution in [0.1, 0.15) is 65.2 Å². The van der Waals surface area contributed by atoms with Crippen LogP contribution < -0.4 is 0 Å². The van der Waals surface area contributed by atoms with Crippen molar-refractivity contribution in [2.45, 2.75) is 77.4 Å². The third kappa shape index (κ3) is 3.22. The van der Waals surface area contributed by atoms with Crippen molar-refractivity contribution in [3.05, 3.63) is 0 Å². The van der Waals surface area contributed by atoms with Crippen molar-refractivity contribution in [3.8, 4) is 0 Å². The predicted molar refractivity (Wildman–Crippen MR) is 110 cm³/mol. The summed E-state index contributed by atoms with van der Waals surface area (Å²) in [5.74, 6) is 2.48. The number of ether oxygens (including phenoxy) is 3. The summed E-state index contributed by atoms with van der Waals surface area (Å²) in [7, 11) is 3.52. The second-order valence-corrected chi connectivity index (χ2v) is 10.6. The standard InChI is InChI=1S/C24H40O5/c1-15(26)24-12-21(28-4)22-19(20(24)8-6-17(24)13-25)7-5-16-11-18(29-14-27-3)9-10-23(16,22)2/h16-22,25H,5-14H2,1-4H3/t16-,17+,18+,19-,20-,21-,22+,23-,24-/m0/s1. The number of methoxy groups -OCH3 is 2. The van der Waals surface area contributed by atoms with Gasteiger partial charge >= 0.3 is 0 Å². The van der Waals surface area contributed by atoms with Crippen molar-refractivity contribution < 1.29 is 24.1 Å². The molecule has 4 aliphatic rings. The highest BCUT2D eigenvalue weighted by Crippen LogP contribution is 2.68. The summed E-state index contributed by atoms with van der Waals surface area (Å²) in [6.07, 6.45) is 9.02. The summed E-state index contributed by atoms with van der Waals surface area (Å²) in [6.45, 7) is 4.76. The average molecular weight is 409 g/mol. The van der Waals surface area contributed by atoms with Gasteiger partial charge in [0.2, 0.25) is 0 Å². The Hall–Kier alpha value is -0.490. The Kier molecular flexibility index (Phi) is 6.16. The van der Waals surface area contributed by atoms with Crippen LogP contribution in [0.5, 0.6) is 0 Å². The minimum absolute atomic E-state index is 0.104. The lowest BCUT2D eigenvalue weighted by atomic mass is 9.43. The van der Waals surface area contributed by atoms with Crippen molar-refractivity contribution in [1.82, 2.24) is 0 Å². The van der Waals surface area contributed by atoms with Crippen molar-refractivity contribution in [2.24, 2.45) is 40.4 Å². The molecule has 0 aromatic rings. The smallest absolute Gasteiger partial charge is 0.146 e. The molecule has 5 nitrogen and oxygen atoms in total. The van der Waals surface area contributed by atoms with Gasteiger partial charge in [0, 0.05) is 26.2 Å². The molecule has 5 heteroatoms. The van der Waals surface area contributed by atoms with E-state index in [-0.39, 0.29) is 35.2 Å². The molecule has 0 aromatic carbocycles. The Morgan fingerprint density at radius 1 is 1.14 bits per heavy atom. The summed E-state index contributed by atoms with van der Waals surface area (Å²) in [4.78, 5) is 13.0. The summed E-state index contributed by atoms with van der Waals surface area (Å²) in [6, 6.07) is 0. The molecule has 0 bridgehead atoms. The highest BCUT2D eigenvalue weighted by Gasteiger charge is 2.66. The molecule has 0 heterocycles. The molecule has 0 aromatic heterocycles. The van der Waals surface area contributed by atoms with E-state index in [1.54, 1.807) is 14.0 Å². The Morgan fingerprint density at radius 3 is 2.59 bits per heavy atom. The van der Waals surface area contributed by atoms with Gasteiger partial charge in [-0.2, -0.15) is 0 Å². The van der Waals surface area contributed by atoms with Gasteiger partial charge in [-0.1, -0.05) is 6.92 Å². The van der Waals surface area contributed by atoms with Crippen LogP contribution in [0.15, 0.2) is 0 Å². The van der Waals surface area contributed by atoms with E-state index in [0.717, 1.165) is 38.5 Å². The topological polar surface area (TPSA) is 65.0 Å². The molecule has 29 heavy (non-hydrogen) atoms. The monoisotopic (exact) mass is 408 g/mol. The van der Waals surface area contributed by atoms with E-state index in [2.05, 4.69) is 6.92 Å². The van der Waals surface area contributed by atoms with E-state index < -0.39 is 0 Å². The van der Waals surface area contributed by atoms with Gasteiger partial charge in [0.25, 0.3) is 0 Å². The maximum absolute atomic E-state index is 13.0. The van der Waals surface area contributed by atoms with Crippen molar-refractivity contribution in [1.29, 1.82) is 0 Å². The molecule has 0 radical (unpaired) electrons. The van der Waals surface area contributed by atoms with E-state index in [4.69, 9.17) is 14.2 Å². The number of aliphatic hydroxyl groups excluding tert-OH is 1. The number of hydrogen-bond acceptors (Lipinski definition) is 5. The molecule has 4 aliphatic carbocycles. The maximum Gasteiger partial charge on any atom is 0.146 e. The fourth-order valence-corrected chi connectivity index (χ4v) is 8.55. The number of fused-ring (bicyclic) bond motifs is 5. The second kappa shape index (κ2) is 8.22. The summed E-state index contributed by atoms with van der Waals surface area (Å²) >= 11 is 0. The first-order chi connectivity index (χ1) is 13.9. The molecule has 166 valence electrons. The second-order valence-electron chi connectivity index (χ2n) is 10.6. The zero-order chi connectivity index (χ0) is 20.8. The summed E-state index contributed by atoms with van der Waals surface area (Å²) in [5, 5.41) is 10.1. The Balaban J connectivity index is 1.63. The van der Waals surface area contributed by atoms with Crippen molar-refractivity contribution in [3.63, 3.8) is 0 Å². The molecule has 0 saturated heterocycles. The average Bonchev–Trinajstić information content (AvgIpc) is 3.11. The molecule has 0 amide bonds. The van der Waals surface area contributed by atoms with Crippen LogP contribution in [0.3, 0.4) is 0 Å². The van der Waals surface area contributed by atoms with Gasteiger partial charge in [-0.05, 0) is 93.3 Å². The van der Waals surface area contributed by atoms with Gasteiger partial charge in [0.05, 0.1) is 12.2 Å². The molecule has 4 fully saturated rings. The lowest BCUT2D eigenvalue weighted by Crippen LogP contribution is -2.61. The number of rotatable bonds is 6. The van der Waals surface area contributed by atoms with Gasteiger partial charge in [0.15, 0.2) is 0 Å². The number of Topliss-reactive ketones (excluding diaryl/α,β-unsaturated/α-hetero) is 1. The van der Waals surface area contributed by atoms with Crippen LogP contribution in [-0.4, -0.2) is 50.7 Å². The van der Waals surface area contributed by atoms with Crippen LogP contribution in [0.25, 0.3) is 0 Å². The quantitative estimate of drug-likeness (QED) is 0.677. The lowest BCUT2D eigenvalue weighted by Gasteiger charge is -2.63. The van der Waals surface area contributed by atoms with Crippen molar-refractivity contribution in [2.75, 3.05) is 27.6 Å². The summed E-state index contributed by atoms with van der Waals surface area (Å²) < 4.78 is 17.2. The van der Waals surface area contributed by atoms with E-state index in [9.17, 15) is 9.90 Å². The third-order valence-corrected chi connectivity index (χ3v) is 9.83. The van der Waals surface area contributed by atoms with Gasteiger partial charge in [0.1, 0.15) is 12.6 Å². The third-order valence-electron chi connectivity index (χ3n) is 9.83. The molecule has 0 spiro atoms. The Labute approximate surface area is 175 Å². The predicted octanol–water partition coefficient (Wildman–Crippen LogP) is 3.82. The highest BCUT2D eigenvalue weighted by molar-refractivity contribution is 5.84. The first-order valence-electron chi connectivity index (χ1n) is 11.7. The number of ketones is 1. The van der Waals surface area contributed by atoms with Crippen molar-refractivity contribution >= 4 is 5.78 Å². The SMILES string of the molecule is COCO[C@@H]1CC[C@@]2(C)[C@@H](CC[C@@H]3[C@@H]2[C@@H](OC)C[C@]2(C(C)=O)[C@@H](CO)CC[C@@H]32)C1. The molecule has 9 atom stereocenters. The minimum atomic E-state index is -0.376. The van der Waals surface area contributed by atoms with E-state index in [1.165, 1.54) is 12.8 Å². The highest BCUT2D eigenvalue weighted by atomic mass is 16.7. The lowest BCUT2D eigenvalue weighted by molar-refractivity contribution is -0.199. The van der Waals surface area contributed by atoms with Gasteiger partial charge in [-0.15, -0.1) is 0 Å². The molecular formula is C24H40O5. The van der Waals surface area contributed by atoms with Crippen LogP contribution in [0.4, 0.5) is 0 Å². The summed E-state index contributed by atoms with van der Waals surface area (Å²) in [5.41, 5.74) is -0.130. The zero-order valence-electron chi connectivity index (χ0n) is 18.7. The number of carbonyl (C=O) groups is 1. The molecule has 0 unspecified atom stereocenters. The van der Waals surface area contributed by atoms with E-state index in [0.29, 0.717) is 36.6 Å². The molecule has 1 N–H and O–H groups in total. The van der Waals surface area contributed by atoms with Crippen LogP contribution in [0, 0.1) is 40.4 Å². The van der Waals surface area contributed by atoms with Gasteiger partial charge < -0.3 is 19.3 Å². The largest absolute Gasteiger partial charge is 0.396 e. The maximum atomic E-state index is 13.0. The number of aliphatic hydroxyl groups is 1. The number of carbonyl (C=O) groups excluding carboxylic acids is 1. The molecule has 4 rings (SSSR count). The van der Waals surface area contributed by atoms with Gasteiger partial charge in [-0.25, -0.2) is 0 Å². The van der Waals surface area contributed by atoms with E-state index in [1.807, 2.05) is 7.11 Å². The Morgan fingerprint density at radius 2 is 1.93 bits per heavy atom. The molecule has 0 aliphatic heterocycles. The van der Waals surface area contributed by atoms with Crippen LogP contribution >= 0.6 is 0 Å². The Bertz CT molecular complexity index is 608. The van der Waals surface area contributed by atoms with Crippen LogP contribution in [0.2, 0.25) is 0 Å².